The number of benzene rings is 2. The number of amides is 1. The van der Waals surface area contributed by atoms with Crippen LogP contribution in [0.1, 0.15) is 27.0 Å². The first-order valence-corrected chi connectivity index (χ1v) is 7.96. The van der Waals surface area contributed by atoms with Crippen molar-refractivity contribution in [2.45, 2.75) is 20.4 Å². The van der Waals surface area contributed by atoms with E-state index in [2.05, 4.69) is 5.10 Å². The van der Waals surface area contributed by atoms with Crippen molar-refractivity contribution >= 4 is 5.91 Å². The summed E-state index contributed by atoms with van der Waals surface area (Å²) in [4.78, 5) is 14.4. The average Bonchev–Trinajstić information content (AvgIpc) is 3.05. The van der Waals surface area contributed by atoms with Crippen LogP contribution in [0.25, 0.3) is 5.69 Å². The van der Waals surface area contributed by atoms with Crippen molar-refractivity contribution in [3.63, 3.8) is 0 Å². The molecular weight excluding hydrogens is 298 g/mol. The fourth-order valence-electron chi connectivity index (χ4n) is 2.68. The summed E-state index contributed by atoms with van der Waals surface area (Å²) in [6.45, 7) is 4.49. The van der Waals surface area contributed by atoms with Crippen LogP contribution in [0.4, 0.5) is 0 Å². The molecule has 0 bridgehead atoms. The van der Waals surface area contributed by atoms with Crippen LogP contribution in [0.15, 0.2) is 60.9 Å². The van der Waals surface area contributed by atoms with Crippen molar-refractivity contribution < 1.29 is 4.79 Å². The zero-order chi connectivity index (χ0) is 17.1. The van der Waals surface area contributed by atoms with Gasteiger partial charge in [-0.25, -0.2) is 4.68 Å². The van der Waals surface area contributed by atoms with E-state index in [0.29, 0.717) is 6.54 Å². The molecule has 1 heterocycles. The van der Waals surface area contributed by atoms with Crippen LogP contribution in [-0.2, 0) is 6.54 Å². The number of hydrogen-bond acceptors (Lipinski definition) is 2. The molecule has 0 saturated heterocycles. The quantitative estimate of drug-likeness (QED) is 0.734. The van der Waals surface area contributed by atoms with Gasteiger partial charge in [-0.1, -0.05) is 35.9 Å². The van der Waals surface area contributed by atoms with Gasteiger partial charge in [-0.2, -0.15) is 5.10 Å². The van der Waals surface area contributed by atoms with Gasteiger partial charge in [0.2, 0.25) is 0 Å². The first kappa shape index (κ1) is 16.0. The molecule has 0 aliphatic rings. The fraction of sp³-hybridized carbons (Fsp3) is 0.200. The monoisotopic (exact) mass is 319 g/mol. The lowest BCUT2D eigenvalue weighted by molar-refractivity contribution is 0.0784. The topological polar surface area (TPSA) is 38.1 Å². The smallest absolute Gasteiger partial charge is 0.254 e. The van der Waals surface area contributed by atoms with Crippen LogP contribution >= 0.6 is 0 Å². The minimum absolute atomic E-state index is 0.0312. The van der Waals surface area contributed by atoms with E-state index in [-0.39, 0.29) is 5.91 Å². The SMILES string of the molecule is Cc1ccc(C)c(C(=O)N(C)Cc2cnn(-c3ccccc3)c2)c1. The van der Waals surface area contributed by atoms with E-state index in [9.17, 15) is 4.79 Å². The summed E-state index contributed by atoms with van der Waals surface area (Å²) in [5, 5.41) is 4.38. The van der Waals surface area contributed by atoms with Crippen molar-refractivity contribution in [1.82, 2.24) is 14.7 Å². The maximum absolute atomic E-state index is 12.7. The van der Waals surface area contributed by atoms with Crippen molar-refractivity contribution in [2.75, 3.05) is 7.05 Å². The third-order valence-electron chi connectivity index (χ3n) is 4.05. The second kappa shape index (κ2) is 6.71. The molecule has 4 nitrogen and oxygen atoms in total. The number of para-hydroxylation sites is 1. The number of rotatable bonds is 4. The second-order valence-corrected chi connectivity index (χ2v) is 6.11. The number of carbonyl (C=O) groups excluding carboxylic acids is 1. The average molecular weight is 319 g/mol. The Bertz CT molecular complexity index is 852. The Kier molecular flexibility index (Phi) is 4.47. The Balaban J connectivity index is 1.75. The molecule has 0 radical (unpaired) electrons. The lowest BCUT2D eigenvalue weighted by Crippen LogP contribution is -2.26. The first-order chi connectivity index (χ1) is 11.5. The number of hydrogen-bond donors (Lipinski definition) is 0. The first-order valence-electron chi connectivity index (χ1n) is 7.96. The fourth-order valence-corrected chi connectivity index (χ4v) is 2.68. The van der Waals surface area contributed by atoms with Gasteiger partial charge in [-0.15, -0.1) is 0 Å². The predicted molar refractivity (Wildman–Crippen MR) is 95.3 cm³/mol. The molecular formula is C20H21N3O. The molecule has 4 heteroatoms. The van der Waals surface area contributed by atoms with Gasteiger partial charge < -0.3 is 4.90 Å². The Hall–Kier alpha value is -2.88. The van der Waals surface area contributed by atoms with Crippen molar-refractivity contribution in [3.05, 3.63) is 83.2 Å². The van der Waals surface area contributed by atoms with Crippen LogP contribution in [0.5, 0.6) is 0 Å². The van der Waals surface area contributed by atoms with Gasteiger partial charge in [0, 0.05) is 30.9 Å². The van der Waals surface area contributed by atoms with Gasteiger partial charge in [0.05, 0.1) is 11.9 Å². The normalized spacial score (nSPS) is 10.6. The molecule has 1 amide bonds. The largest absolute Gasteiger partial charge is 0.337 e. The van der Waals surface area contributed by atoms with Gasteiger partial charge in [-0.3, -0.25) is 4.79 Å². The Labute approximate surface area is 142 Å². The summed E-state index contributed by atoms with van der Waals surface area (Å²) < 4.78 is 1.82. The molecule has 2 aromatic carbocycles. The van der Waals surface area contributed by atoms with Gasteiger partial charge in [-0.05, 0) is 37.6 Å². The zero-order valence-corrected chi connectivity index (χ0v) is 14.2. The van der Waals surface area contributed by atoms with Crippen LogP contribution in [0.3, 0.4) is 0 Å². The molecule has 24 heavy (non-hydrogen) atoms. The molecule has 3 rings (SSSR count). The molecule has 0 spiro atoms. The van der Waals surface area contributed by atoms with E-state index in [4.69, 9.17) is 0 Å². The maximum atomic E-state index is 12.7. The van der Waals surface area contributed by atoms with E-state index in [1.807, 2.05) is 80.3 Å². The van der Waals surface area contributed by atoms with Crippen LogP contribution in [0.2, 0.25) is 0 Å². The van der Waals surface area contributed by atoms with Gasteiger partial charge in [0.15, 0.2) is 0 Å². The highest BCUT2D eigenvalue weighted by atomic mass is 16.2. The Morgan fingerprint density at radius 3 is 2.62 bits per heavy atom. The third kappa shape index (κ3) is 3.38. The summed E-state index contributed by atoms with van der Waals surface area (Å²) in [6, 6.07) is 15.9. The summed E-state index contributed by atoms with van der Waals surface area (Å²) in [7, 11) is 1.82. The second-order valence-electron chi connectivity index (χ2n) is 6.11. The molecule has 0 aliphatic heterocycles. The predicted octanol–water partition coefficient (Wildman–Crippen LogP) is 3.76. The molecule has 1 aromatic heterocycles. The van der Waals surface area contributed by atoms with Crippen LogP contribution in [0, 0.1) is 13.8 Å². The van der Waals surface area contributed by atoms with Gasteiger partial charge in [0.1, 0.15) is 0 Å². The number of aromatic nitrogens is 2. The van der Waals surface area contributed by atoms with Crippen LogP contribution < -0.4 is 0 Å². The van der Waals surface area contributed by atoms with Gasteiger partial charge >= 0.3 is 0 Å². The van der Waals surface area contributed by atoms with Crippen LogP contribution in [-0.4, -0.2) is 27.6 Å². The molecule has 0 saturated carbocycles. The number of carbonyl (C=O) groups is 1. The number of nitrogens with zero attached hydrogens (tertiary/aromatic N) is 3. The van der Waals surface area contributed by atoms with E-state index in [1.165, 1.54) is 0 Å². The van der Waals surface area contributed by atoms with E-state index in [0.717, 1.165) is 27.9 Å². The maximum Gasteiger partial charge on any atom is 0.254 e. The highest BCUT2D eigenvalue weighted by Crippen LogP contribution is 2.15. The summed E-state index contributed by atoms with van der Waals surface area (Å²) in [6.07, 6.45) is 3.77. The summed E-state index contributed by atoms with van der Waals surface area (Å²) >= 11 is 0. The summed E-state index contributed by atoms with van der Waals surface area (Å²) in [5.41, 5.74) is 4.85. The van der Waals surface area contributed by atoms with E-state index < -0.39 is 0 Å². The Morgan fingerprint density at radius 2 is 1.88 bits per heavy atom. The van der Waals surface area contributed by atoms with E-state index in [1.54, 1.807) is 11.1 Å². The molecule has 3 aromatic rings. The number of aryl methyl sites for hydroxylation is 2. The molecule has 0 atom stereocenters. The van der Waals surface area contributed by atoms with Crippen molar-refractivity contribution in [3.8, 4) is 5.69 Å². The lowest BCUT2D eigenvalue weighted by Gasteiger charge is -2.18. The highest BCUT2D eigenvalue weighted by Gasteiger charge is 2.15. The lowest BCUT2D eigenvalue weighted by atomic mass is 10.0. The molecule has 122 valence electrons. The van der Waals surface area contributed by atoms with Crippen molar-refractivity contribution in [1.29, 1.82) is 0 Å². The highest BCUT2D eigenvalue weighted by molar-refractivity contribution is 5.95. The molecule has 0 fully saturated rings. The van der Waals surface area contributed by atoms with Gasteiger partial charge in [0.25, 0.3) is 5.91 Å². The zero-order valence-electron chi connectivity index (χ0n) is 14.2. The molecule has 0 aliphatic carbocycles. The standard InChI is InChI=1S/C20H21N3O/c1-15-9-10-16(2)19(11-15)20(24)22(3)13-17-12-21-23(14-17)18-7-5-4-6-8-18/h4-12,14H,13H2,1-3H3. The third-order valence-corrected chi connectivity index (χ3v) is 4.05. The minimum atomic E-state index is 0.0312. The summed E-state index contributed by atoms with van der Waals surface area (Å²) in [5.74, 6) is 0.0312. The molecule has 0 N–H and O–H groups in total. The Morgan fingerprint density at radius 1 is 1.12 bits per heavy atom. The van der Waals surface area contributed by atoms with Crippen molar-refractivity contribution in [2.24, 2.45) is 0 Å². The minimum Gasteiger partial charge on any atom is -0.337 e. The van der Waals surface area contributed by atoms with E-state index >= 15 is 0 Å². The molecule has 0 unspecified atom stereocenters.